The normalized spacial score (nSPS) is 15.7. The largest absolute Gasteiger partial charge is 0.488 e. The van der Waals surface area contributed by atoms with Gasteiger partial charge in [-0.3, -0.25) is 0 Å². The number of hydrogen-bond acceptors (Lipinski definition) is 6. The lowest BCUT2D eigenvalue weighted by Crippen LogP contribution is -2.44. The van der Waals surface area contributed by atoms with Crippen LogP contribution in [0, 0.1) is 0 Å². The molecule has 1 aliphatic heterocycles. The summed E-state index contributed by atoms with van der Waals surface area (Å²) in [5.41, 5.74) is -0.470. The molecule has 7 heteroatoms. The monoisotopic (exact) mass is 325 g/mol. The summed E-state index contributed by atoms with van der Waals surface area (Å²) in [4.78, 5) is 2.18. The maximum Gasteiger partial charge on any atom is 0.488 e. The Balaban J connectivity index is 0.000000284. The second kappa shape index (κ2) is 8.12. The summed E-state index contributed by atoms with van der Waals surface area (Å²) < 4.78 is 5.26. The van der Waals surface area contributed by atoms with Gasteiger partial charge in [-0.25, -0.2) is 0 Å². The van der Waals surface area contributed by atoms with E-state index in [2.05, 4.69) is 4.90 Å². The number of hydrogen-bond donors (Lipinski definition) is 4. The van der Waals surface area contributed by atoms with Crippen LogP contribution in [-0.4, -0.2) is 64.9 Å². The molecule has 1 aromatic rings. The van der Waals surface area contributed by atoms with E-state index in [1.807, 2.05) is 12.1 Å². The third-order valence-corrected chi connectivity index (χ3v) is 4.04. The first-order valence-corrected chi connectivity index (χ1v) is 7.76. The van der Waals surface area contributed by atoms with Crippen LogP contribution in [0.3, 0.4) is 0 Å². The topological polar surface area (TPSA) is 93.4 Å². The van der Waals surface area contributed by atoms with Gasteiger partial charge >= 0.3 is 7.12 Å². The van der Waals surface area contributed by atoms with Crippen molar-refractivity contribution in [2.75, 3.05) is 31.2 Å². The lowest BCUT2D eigenvalue weighted by atomic mass is 9.80. The van der Waals surface area contributed by atoms with E-state index in [0.717, 1.165) is 32.0 Å². The molecule has 0 saturated carbocycles. The maximum absolute atomic E-state index is 9.10. The molecule has 1 aliphatic rings. The molecule has 0 bridgehead atoms. The van der Waals surface area contributed by atoms with E-state index in [9.17, 15) is 0 Å². The molecule has 0 radical (unpaired) electrons. The predicted molar refractivity (Wildman–Crippen MR) is 91.9 cm³/mol. The smallest absolute Gasteiger partial charge is 0.423 e. The fourth-order valence-corrected chi connectivity index (χ4v) is 1.70. The van der Waals surface area contributed by atoms with Gasteiger partial charge in [-0.2, -0.15) is 0 Å². The zero-order chi connectivity index (χ0) is 17.7. The van der Waals surface area contributed by atoms with E-state index in [0.29, 0.717) is 5.46 Å². The van der Waals surface area contributed by atoms with Gasteiger partial charge in [-0.1, -0.05) is 12.1 Å². The number of rotatable bonds is 3. The van der Waals surface area contributed by atoms with E-state index in [-0.39, 0.29) is 0 Å². The Morgan fingerprint density at radius 2 is 1.52 bits per heavy atom. The van der Waals surface area contributed by atoms with Gasteiger partial charge in [0.15, 0.2) is 0 Å². The van der Waals surface area contributed by atoms with Crippen LogP contribution in [-0.2, 0) is 4.74 Å². The van der Waals surface area contributed by atoms with Gasteiger partial charge < -0.3 is 29.9 Å². The van der Waals surface area contributed by atoms with Crippen LogP contribution in [0.2, 0.25) is 0 Å². The van der Waals surface area contributed by atoms with E-state index >= 15 is 0 Å². The summed E-state index contributed by atoms with van der Waals surface area (Å²) in [6.45, 7) is 9.47. The van der Waals surface area contributed by atoms with Crippen molar-refractivity contribution >= 4 is 18.3 Å². The summed E-state index contributed by atoms with van der Waals surface area (Å²) >= 11 is 0. The second-order valence-electron chi connectivity index (χ2n) is 6.69. The van der Waals surface area contributed by atoms with Crippen LogP contribution in [0.25, 0.3) is 0 Å². The van der Waals surface area contributed by atoms with E-state index in [1.54, 1.807) is 39.8 Å². The Hall–Kier alpha value is -1.12. The molecular weight excluding hydrogens is 297 g/mol. The fraction of sp³-hybridized carbons (Fsp3) is 0.625. The molecular formula is C16H28BNO5. The average Bonchev–Trinajstić information content (AvgIpc) is 2.47. The summed E-state index contributed by atoms with van der Waals surface area (Å²) in [6, 6.07) is 7.31. The summed E-state index contributed by atoms with van der Waals surface area (Å²) in [5.74, 6) is 0. The Morgan fingerprint density at radius 3 is 1.96 bits per heavy atom. The number of aliphatic hydroxyl groups is 2. The predicted octanol–water partition coefficient (Wildman–Crippen LogP) is -0.269. The SMILES string of the molecule is CC(C)(O)C(C)(C)O.OB(O)c1cccc(N2CCOCC2)c1. The molecule has 130 valence electrons. The van der Waals surface area contributed by atoms with Gasteiger partial charge in [0, 0.05) is 18.8 Å². The maximum atomic E-state index is 9.10. The summed E-state index contributed by atoms with van der Waals surface area (Å²) in [7, 11) is -1.40. The fourth-order valence-electron chi connectivity index (χ4n) is 1.70. The van der Waals surface area contributed by atoms with Crippen molar-refractivity contribution in [1.29, 1.82) is 0 Å². The van der Waals surface area contributed by atoms with Crippen molar-refractivity contribution in [1.82, 2.24) is 0 Å². The quantitative estimate of drug-likeness (QED) is 0.572. The molecule has 2 rings (SSSR count). The Labute approximate surface area is 138 Å². The van der Waals surface area contributed by atoms with Crippen molar-refractivity contribution in [3.05, 3.63) is 24.3 Å². The third-order valence-electron chi connectivity index (χ3n) is 4.04. The minimum Gasteiger partial charge on any atom is -0.423 e. The minimum absolute atomic E-state index is 0.527. The highest BCUT2D eigenvalue weighted by molar-refractivity contribution is 6.58. The van der Waals surface area contributed by atoms with E-state index in [4.69, 9.17) is 25.0 Å². The van der Waals surface area contributed by atoms with Crippen LogP contribution >= 0.6 is 0 Å². The number of morpholine rings is 1. The Kier molecular flexibility index (Phi) is 7.04. The van der Waals surface area contributed by atoms with Crippen LogP contribution in [0.1, 0.15) is 27.7 Å². The molecule has 1 fully saturated rings. The third kappa shape index (κ3) is 6.49. The summed E-state index contributed by atoms with van der Waals surface area (Å²) in [5, 5.41) is 36.3. The molecule has 6 nitrogen and oxygen atoms in total. The average molecular weight is 325 g/mol. The van der Waals surface area contributed by atoms with Crippen LogP contribution in [0.5, 0.6) is 0 Å². The van der Waals surface area contributed by atoms with E-state index < -0.39 is 18.3 Å². The summed E-state index contributed by atoms with van der Waals surface area (Å²) in [6.07, 6.45) is 0. The van der Waals surface area contributed by atoms with Gasteiger partial charge in [0.1, 0.15) is 0 Å². The standard InChI is InChI=1S/C10H14BNO3.C6H14O2/c13-11(14)9-2-1-3-10(8-9)12-4-6-15-7-5-12;1-5(2,7)6(3,4)8/h1-3,8,13-14H,4-7H2;7-8H,1-4H3. The molecule has 1 heterocycles. The van der Waals surface area contributed by atoms with Crippen molar-refractivity contribution in [3.8, 4) is 0 Å². The number of anilines is 1. The molecule has 0 unspecified atom stereocenters. The first kappa shape index (κ1) is 19.9. The molecule has 23 heavy (non-hydrogen) atoms. The van der Waals surface area contributed by atoms with Crippen LogP contribution < -0.4 is 10.4 Å². The molecule has 0 amide bonds. The zero-order valence-corrected chi connectivity index (χ0v) is 14.4. The van der Waals surface area contributed by atoms with Gasteiger partial charge in [0.05, 0.1) is 24.4 Å². The molecule has 1 saturated heterocycles. The first-order valence-electron chi connectivity index (χ1n) is 7.76. The van der Waals surface area contributed by atoms with Crippen molar-refractivity contribution in [3.63, 3.8) is 0 Å². The Bertz CT molecular complexity index is 464. The highest BCUT2D eigenvalue weighted by Crippen LogP contribution is 2.19. The highest BCUT2D eigenvalue weighted by Gasteiger charge is 2.31. The lowest BCUT2D eigenvalue weighted by Gasteiger charge is -2.31. The van der Waals surface area contributed by atoms with Crippen molar-refractivity contribution < 1.29 is 25.0 Å². The highest BCUT2D eigenvalue weighted by atomic mass is 16.5. The minimum atomic E-state index is -1.40. The molecule has 0 aromatic heterocycles. The van der Waals surface area contributed by atoms with Gasteiger partial charge in [-0.15, -0.1) is 0 Å². The second-order valence-corrected chi connectivity index (χ2v) is 6.69. The number of ether oxygens (including phenoxy) is 1. The van der Waals surface area contributed by atoms with Crippen LogP contribution in [0.4, 0.5) is 5.69 Å². The Morgan fingerprint density at radius 1 is 1.00 bits per heavy atom. The number of benzene rings is 1. The lowest BCUT2D eigenvalue weighted by molar-refractivity contribution is -0.107. The van der Waals surface area contributed by atoms with Crippen molar-refractivity contribution in [2.24, 2.45) is 0 Å². The molecule has 0 aliphatic carbocycles. The molecule has 1 aromatic carbocycles. The first-order chi connectivity index (χ1) is 10.5. The van der Waals surface area contributed by atoms with Gasteiger partial charge in [-0.05, 0) is 45.3 Å². The van der Waals surface area contributed by atoms with Gasteiger partial charge in [0.25, 0.3) is 0 Å². The molecule has 4 N–H and O–H groups in total. The molecule has 0 spiro atoms. The van der Waals surface area contributed by atoms with Gasteiger partial charge in [0.2, 0.25) is 0 Å². The van der Waals surface area contributed by atoms with Crippen molar-refractivity contribution in [2.45, 2.75) is 38.9 Å². The van der Waals surface area contributed by atoms with Crippen LogP contribution in [0.15, 0.2) is 24.3 Å². The van der Waals surface area contributed by atoms with E-state index in [1.165, 1.54) is 0 Å². The zero-order valence-electron chi connectivity index (χ0n) is 14.4. The number of nitrogens with zero attached hydrogens (tertiary/aromatic N) is 1. The molecule has 0 atom stereocenters.